The summed E-state index contributed by atoms with van der Waals surface area (Å²) in [6, 6.07) is 8.97. The van der Waals surface area contributed by atoms with E-state index in [0.29, 0.717) is 18.3 Å². The Morgan fingerprint density at radius 1 is 1.19 bits per heavy atom. The topological polar surface area (TPSA) is 72.2 Å². The van der Waals surface area contributed by atoms with Crippen molar-refractivity contribution in [3.63, 3.8) is 0 Å². The maximum absolute atomic E-state index is 12.4. The standard InChI is InChI=1S/C17H20N2O2/c18-16(20)15(10-11-4-2-1-3-5-11)19-17(21)14-9-12-6-7-13(14)8-12/h1-7,12-15H,8-10H2,(H2,18,20)(H,19,21)/t12-,13-,14+,15+/m0/s1. The molecule has 2 aliphatic carbocycles. The van der Waals surface area contributed by atoms with E-state index in [4.69, 9.17) is 5.73 Å². The fourth-order valence-corrected chi connectivity index (χ4v) is 3.43. The molecule has 0 heterocycles. The quantitative estimate of drug-likeness (QED) is 0.802. The molecule has 2 bridgehead atoms. The smallest absolute Gasteiger partial charge is 0.240 e. The van der Waals surface area contributed by atoms with Crippen molar-refractivity contribution in [2.75, 3.05) is 0 Å². The van der Waals surface area contributed by atoms with Gasteiger partial charge in [-0.3, -0.25) is 9.59 Å². The predicted octanol–water partition coefficient (Wildman–Crippen LogP) is 1.41. The predicted molar refractivity (Wildman–Crippen MR) is 80.1 cm³/mol. The summed E-state index contributed by atoms with van der Waals surface area (Å²) in [5, 5.41) is 2.84. The van der Waals surface area contributed by atoms with Crippen molar-refractivity contribution in [1.29, 1.82) is 0 Å². The van der Waals surface area contributed by atoms with Gasteiger partial charge in [0.15, 0.2) is 0 Å². The number of carbonyl (C=O) groups excluding carboxylic acids is 2. The van der Waals surface area contributed by atoms with Crippen LogP contribution in [0.1, 0.15) is 18.4 Å². The van der Waals surface area contributed by atoms with E-state index in [9.17, 15) is 9.59 Å². The maximum atomic E-state index is 12.4. The van der Waals surface area contributed by atoms with Crippen molar-refractivity contribution in [1.82, 2.24) is 5.32 Å². The van der Waals surface area contributed by atoms with E-state index in [1.54, 1.807) is 0 Å². The Hall–Kier alpha value is -2.10. The molecule has 0 spiro atoms. The number of hydrogen-bond acceptors (Lipinski definition) is 2. The number of nitrogens with two attached hydrogens (primary N) is 1. The highest BCUT2D eigenvalue weighted by atomic mass is 16.2. The Labute approximate surface area is 124 Å². The van der Waals surface area contributed by atoms with Gasteiger partial charge in [0.1, 0.15) is 6.04 Å². The third-order valence-corrected chi connectivity index (χ3v) is 4.56. The van der Waals surface area contributed by atoms with E-state index in [2.05, 4.69) is 17.5 Å². The first-order chi connectivity index (χ1) is 10.1. The molecular weight excluding hydrogens is 264 g/mol. The minimum Gasteiger partial charge on any atom is -0.368 e. The normalized spacial score (nSPS) is 27.5. The Bertz CT molecular complexity index is 567. The molecule has 0 saturated heterocycles. The molecule has 0 aliphatic heterocycles. The monoisotopic (exact) mass is 284 g/mol. The highest BCUT2D eigenvalue weighted by Gasteiger charge is 2.40. The molecule has 2 aliphatic rings. The molecule has 0 aromatic heterocycles. The van der Waals surface area contributed by atoms with Gasteiger partial charge >= 0.3 is 0 Å². The summed E-state index contributed by atoms with van der Waals surface area (Å²) in [5.41, 5.74) is 6.43. The van der Waals surface area contributed by atoms with Gasteiger partial charge in [-0.2, -0.15) is 0 Å². The average molecular weight is 284 g/mol. The van der Waals surface area contributed by atoms with Crippen LogP contribution in [0, 0.1) is 17.8 Å². The molecule has 4 heteroatoms. The van der Waals surface area contributed by atoms with E-state index in [0.717, 1.165) is 18.4 Å². The first-order valence-corrected chi connectivity index (χ1v) is 7.45. The molecule has 0 radical (unpaired) electrons. The van der Waals surface area contributed by atoms with Gasteiger partial charge < -0.3 is 11.1 Å². The van der Waals surface area contributed by atoms with Gasteiger partial charge in [0.05, 0.1) is 0 Å². The van der Waals surface area contributed by atoms with Crippen molar-refractivity contribution in [3.05, 3.63) is 48.0 Å². The van der Waals surface area contributed by atoms with E-state index in [1.807, 2.05) is 30.3 Å². The van der Waals surface area contributed by atoms with Crippen LogP contribution < -0.4 is 11.1 Å². The second-order valence-electron chi connectivity index (χ2n) is 6.04. The minimum atomic E-state index is -0.636. The lowest BCUT2D eigenvalue weighted by atomic mass is 9.92. The lowest BCUT2D eigenvalue weighted by Crippen LogP contribution is -2.48. The van der Waals surface area contributed by atoms with Crippen LogP contribution in [-0.2, 0) is 16.0 Å². The Balaban J connectivity index is 1.64. The molecule has 1 fully saturated rings. The summed E-state index contributed by atoms with van der Waals surface area (Å²) in [5.74, 6) is 0.349. The third-order valence-electron chi connectivity index (χ3n) is 4.56. The fraction of sp³-hybridized carbons (Fsp3) is 0.412. The lowest BCUT2D eigenvalue weighted by molar-refractivity contribution is -0.130. The number of amides is 2. The number of fused-ring (bicyclic) bond motifs is 2. The van der Waals surface area contributed by atoms with Crippen molar-refractivity contribution < 1.29 is 9.59 Å². The number of primary amides is 1. The van der Waals surface area contributed by atoms with Crippen LogP contribution in [0.4, 0.5) is 0 Å². The SMILES string of the molecule is NC(=O)[C@@H](Cc1ccccc1)NC(=O)[C@@H]1C[C@H]2C=C[C@H]1C2. The molecule has 1 aromatic rings. The van der Waals surface area contributed by atoms with Crippen molar-refractivity contribution in [3.8, 4) is 0 Å². The number of benzene rings is 1. The zero-order valence-electron chi connectivity index (χ0n) is 11.9. The van der Waals surface area contributed by atoms with E-state index >= 15 is 0 Å². The van der Waals surface area contributed by atoms with Gasteiger partial charge in [-0.15, -0.1) is 0 Å². The zero-order chi connectivity index (χ0) is 14.8. The Morgan fingerprint density at radius 2 is 1.95 bits per heavy atom. The van der Waals surface area contributed by atoms with Crippen molar-refractivity contribution in [2.45, 2.75) is 25.3 Å². The molecule has 110 valence electrons. The van der Waals surface area contributed by atoms with Crippen LogP contribution >= 0.6 is 0 Å². The fourth-order valence-electron chi connectivity index (χ4n) is 3.43. The van der Waals surface area contributed by atoms with Crippen LogP contribution in [0.2, 0.25) is 0 Å². The molecular formula is C17H20N2O2. The lowest BCUT2D eigenvalue weighted by Gasteiger charge is -2.21. The average Bonchev–Trinajstić information content (AvgIpc) is 3.10. The van der Waals surface area contributed by atoms with Crippen LogP contribution in [0.5, 0.6) is 0 Å². The first-order valence-electron chi connectivity index (χ1n) is 7.45. The first kappa shape index (κ1) is 13.9. The number of hydrogen-bond donors (Lipinski definition) is 2. The van der Waals surface area contributed by atoms with Gasteiger partial charge in [0.25, 0.3) is 0 Å². The van der Waals surface area contributed by atoms with Crippen LogP contribution in [-0.4, -0.2) is 17.9 Å². The molecule has 0 unspecified atom stereocenters. The highest BCUT2D eigenvalue weighted by Crippen LogP contribution is 2.43. The molecule has 4 nitrogen and oxygen atoms in total. The van der Waals surface area contributed by atoms with Gasteiger partial charge in [-0.1, -0.05) is 42.5 Å². The third kappa shape index (κ3) is 2.99. The largest absolute Gasteiger partial charge is 0.368 e. The number of allylic oxidation sites excluding steroid dienone is 2. The summed E-state index contributed by atoms with van der Waals surface area (Å²) in [6.45, 7) is 0. The minimum absolute atomic E-state index is 0.00220. The van der Waals surface area contributed by atoms with Crippen molar-refractivity contribution >= 4 is 11.8 Å². The molecule has 3 rings (SSSR count). The van der Waals surface area contributed by atoms with E-state index in [1.165, 1.54) is 0 Å². The zero-order valence-corrected chi connectivity index (χ0v) is 11.9. The molecule has 1 saturated carbocycles. The molecule has 4 atom stereocenters. The van der Waals surface area contributed by atoms with Crippen molar-refractivity contribution in [2.24, 2.45) is 23.5 Å². The molecule has 21 heavy (non-hydrogen) atoms. The van der Waals surface area contributed by atoms with Crippen LogP contribution in [0.3, 0.4) is 0 Å². The molecule has 2 amide bonds. The number of carbonyl (C=O) groups is 2. The molecule has 1 aromatic carbocycles. The Morgan fingerprint density at radius 3 is 2.52 bits per heavy atom. The van der Waals surface area contributed by atoms with Gasteiger partial charge in [0.2, 0.25) is 11.8 Å². The van der Waals surface area contributed by atoms with Crippen LogP contribution in [0.25, 0.3) is 0 Å². The van der Waals surface area contributed by atoms with E-state index < -0.39 is 11.9 Å². The Kier molecular flexibility index (Phi) is 3.78. The summed E-state index contributed by atoms with van der Waals surface area (Å²) >= 11 is 0. The summed E-state index contributed by atoms with van der Waals surface area (Å²) in [4.78, 5) is 24.0. The van der Waals surface area contributed by atoms with Gasteiger partial charge in [-0.25, -0.2) is 0 Å². The maximum Gasteiger partial charge on any atom is 0.240 e. The second kappa shape index (κ2) is 5.72. The van der Waals surface area contributed by atoms with Gasteiger partial charge in [-0.05, 0) is 30.2 Å². The number of nitrogens with one attached hydrogen (secondary N) is 1. The summed E-state index contributed by atoms with van der Waals surface area (Å²) in [7, 11) is 0. The van der Waals surface area contributed by atoms with E-state index in [-0.39, 0.29) is 11.8 Å². The summed E-state index contributed by atoms with van der Waals surface area (Å²) < 4.78 is 0. The highest BCUT2D eigenvalue weighted by molar-refractivity contribution is 5.88. The van der Waals surface area contributed by atoms with Crippen LogP contribution in [0.15, 0.2) is 42.5 Å². The summed E-state index contributed by atoms with van der Waals surface area (Å²) in [6.07, 6.45) is 6.74. The molecule has 3 N–H and O–H groups in total. The second-order valence-corrected chi connectivity index (χ2v) is 6.04. The van der Waals surface area contributed by atoms with Gasteiger partial charge in [0, 0.05) is 12.3 Å². The number of rotatable bonds is 5.